The zero-order valence-electron chi connectivity index (χ0n) is 19.1. The summed E-state index contributed by atoms with van der Waals surface area (Å²) in [6, 6.07) is 19.5. The quantitative estimate of drug-likeness (QED) is 0.503. The molecule has 5 heteroatoms. The Hall–Kier alpha value is -3.47. The molecule has 0 spiro atoms. The number of methoxy groups -OCH3 is 2. The van der Waals surface area contributed by atoms with Crippen molar-refractivity contribution < 1.29 is 19.4 Å². The zero-order chi connectivity index (χ0) is 23.1. The van der Waals surface area contributed by atoms with Crippen LogP contribution in [0.5, 0.6) is 17.2 Å². The van der Waals surface area contributed by atoms with Crippen molar-refractivity contribution in [2.45, 2.75) is 32.6 Å². The van der Waals surface area contributed by atoms with Crippen molar-refractivity contribution in [3.8, 4) is 17.2 Å². The van der Waals surface area contributed by atoms with Gasteiger partial charge in [-0.05, 0) is 54.7 Å². The van der Waals surface area contributed by atoms with Crippen LogP contribution in [0.3, 0.4) is 0 Å². The van der Waals surface area contributed by atoms with Gasteiger partial charge in [0.1, 0.15) is 5.75 Å². The Labute approximate surface area is 190 Å². The standard InChI is InChI=1S/C27H31NO4/c1-18-10-12-22(27(30)19(18)2)23(21-8-6-5-7-9-21)17-26(29)28-15-14-20-11-13-24(31-3)25(16-20)32-4/h5-13,16,23,30H,14-15,17H2,1-4H3,(H,28,29). The van der Waals surface area contributed by atoms with Crippen molar-refractivity contribution in [2.24, 2.45) is 0 Å². The fourth-order valence-electron chi connectivity index (χ4n) is 3.84. The Bertz CT molecular complexity index is 1060. The Morgan fingerprint density at radius 2 is 1.69 bits per heavy atom. The first-order chi connectivity index (χ1) is 15.4. The highest BCUT2D eigenvalue weighted by Crippen LogP contribution is 2.36. The van der Waals surface area contributed by atoms with Crippen molar-refractivity contribution >= 4 is 5.91 Å². The number of benzene rings is 3. The van der Waals surface area contributed by atoms with E-state index in [4.69, 9.17) is 9.47 Å². The number of hydrogen-bond acceptors (Lipinski definition) is 4. The second-order valence-electron chi connectivity index (χ2n) is 7.90. The molecule has 3 aromatic rings. The van der Waals surface area contributed by atoms with E-state index in [0.29, 0.717) is 24.5 Å². The number of nitrogens with one attached hydrogen (secondary N) is 1. The van der Waals surface area contributed by atoms with Crippen molar-refractivity contribution in [1.29, 1.82) is 0 Å². The monoisotopic (exact) mass is 433 g/mol. The molecule has 3 rings (SSSR count). The molecule has 1 atom stereocenters. The predicted octanol–water partition coefficient (Wildman–Crippen LogP) is 4.91. The molecule has 0 aliphatic rings. The summed E-state index contributed by atoms with van der Waals surface area (Å²) < 4.78 is 10.6. The van der Waals surface area contributed by atoms with Crippen molar-refractivity contribution in [1.82, 2.24) is 5.32 Å². The molecule has 2 N–H and O–H groups in total. The summed E-state index contributed by atoms with van der Waals surface area (Å²) >= 11 is 0. The predicted molar refractivity (Wildman–Crippen MR) is 127 cm³/mol. The van der Waals surface area contributed by atoms with Gasteiger partial charge in [0.05, 0.1) is 14.2 Å². The number of carbonyl (C=O) groups excluding carboxylic acids is 1. The number of rotatable bonds is 9. The van der Waals surface area contributed by atoms with Gasteiger partial charge in [0.15, 0.2) is 11.5 Å². The molecule has 0 aromatic heterocycles. The summed E-state index contributed by atoms with van der Waals surface area (Å²) in [5.74, 6) is 1.33. The average molecular weight is 434 g/mol. The van der Waals surface area contributed by atoms with E-state index in [1.54, 1.807) is 14.2 Å². The van der Waals surface area contributed by atoms with E-state index in [9.17, 15) is 9.90 Å². The van der Waals surface area contributed by atoms with Crippen LogP contribution in [0, 0.1) is 13.8 Å². The van der Waals surface area contributed by atoms with Gasteiger partial charge in [-0.15, -0.1) is 0 Å². The molecule has 0 bridgehead atoms. The van der Waals surface area contributed by atoms with Crippen LogP contribution in [0.4, 0.5) is 0 Å². The molecule has 168 valence electrons. The second-order valence-corrected chi connectivity index (χ2v) is 7.90. The molecule has 0 saturated heterocycles. The molecule has 0 fully saturated rings. The third kappa shape index (κ3) is 5.41. The minimum absolute atomic E-state index is 0.0584. The van der Waals surface area contributed by atoms with Crippen LogP contribution < -0.4 is 14.8 Å². The maximum Gasteiger partial charge on any atom is 0.220 e. The summed E-state index contributed by atoms with van der Waals surface area (Å²) in [6.07, 6.45) is 0.934. The largest absolute Gasteiger partial charge is 0.507 e. The van der Waals surface area contributed by atoms with Gasteiger partial charge in [-0.2, -0.15) is 0 Å². The Morgan fingerprint density at radius 1 is 0.969 bits per heavy atom. The van der Waals surface area contributed by atoms with Crippen LogP contribution in [0.15, 0.2) is 60.7 Å². The molecule has 1 unspecified atom stereocenters. The van der Waals surface area contributed by atoms with Crippen LogP contribution in [-0.4, -0.2) is 31.8 Å². The van der Waals surface area contributed by atoms with E-state index in [-0.39, 0.29) is 24.0 Å². The Kier molecular flexibility index (Phi) is 7.77. The molecule has 32 heavy (non-hydrogen) atoms. The first-order valence-corrected chi connectivity index (χ1v) is 10.8. The van der Waals surface area contributed by atoms with Gasteiger partial charge in [0.2, 0.25) is 5.91 Å². The van der Waals surface area contributed by atoms with E-state index >= 15 is 0 Å². The maximum absolute atomic E-state index is 12.8. The number of ether oxygens (including phenoxy) is 2. The fraction of sp³-hybridized carbons (Fsp3) is 0.296. The molecule has 0 saturated carbocycles. The van der Waals surface area contributed by atoms with Crippen LogP contribution in [0.2, 0.25) is 0 Å². The van der Waals surface area contributed by atoms with Gasteiger partial charge in [-0.1, -0.05) is 48.5 Å². The molecule has 5 nitrogen and oxygen atoms in total. The maximum atomic E-state index is 12.8. The van der Waals surface area contributed by atoms with E-state index in [1.165, 1.54) is 0 Å². The number of carbonyl (C=O) groups is 1. The van der Waals surface area contributed by atoms with E-state index < -0.39 is 0 Å². The van der Waals surface area contributed by atoms with E-state index in [0.717, 1.165) is 27.8 Å². The molecule has 0 aliphatic heterocycles. The lowest BCUT2D eigenvalue weighted by atomic mass is 9.86. The molecule has 0 heterocycles. The number of aromatic hydroxyl groups is 1. The minimum Gasteiger partial charge on any atom is -0.507 e. The van der Waals surface area contributed by atoms with Gasteiger partial charge in [0.25, 0.3) is 0 Å². The lowest BCUT2D eigenvalue weighted by Gasteiger charge is -2.21. The SMILES string of the molecule is COc1ccc(CCNC(=O)CC(c2ccccc2)c2ccc(C)c(C)c2O)cc1OC. The molecule has 0 aliphatic carbocycles. The van der Waals surface area contributed by atoms with Gasteiger partial charge < -0.3 is 19.9 Å². The van der Waals surface area contributed by atoms with Crippen LogP contribution >= 0.6 is 0 Å². The van der Waals surface area contributed by atoms with E-state index in [1.807, 2.05) is 74.5 Å². The number of amides is 1. The third-order valence-corrected chi connectivity index (χ3v) is 5.88. The highest BCUT2D eigenvalue weighted by Gasteiger charge is 2.22. The summed E-state index contributed by atoms with van der Waals surface area (Å²) in [6.45, 7) is 4.38. The minimum atomic E-state index is -0.225. The summed E-state index contributed by atoms with van der Waals surface area (Å²) in [5, 5.41) is 13.8. The summed E-state index contributed by atoms with van der Waals surface area (Å²) in [4.78, 5) is 12.8. The highest BCUT2D eigenvalue weighted by molar-refractivity contribution is 5.78. The van der Waals surface area contributed by atoms with Crippen LogP contribution in [0.25, 0.3) is 0 Å². The highest BCUT2D eigenvalue weighted by atomic mass is 16.5. The number of phenolic OH excluding ortho intramolecular Hbond substituents is 1. The summed E-state index contributed by atoms with van der Waals surface area (Å²) in [5.41, 5.74) is 4.69. The first kappa shape index (κ1) is 23.2. The molecular formula is C27H31NO4. The topological polar surface area (TPSA) is 67.8 Å². The Balaban J connectivity index is 1.71. The summed E-state index contributed by atoms with van der Waals surface area (Å²) in [7, 11) is 3.21. The Morgan fingerprint density at radius 3 is 2.38 bits per heavy atom. The number of aryl methyl sites for hydroxylation is 1. The zero-order valence-corrected chi connectivity index (χ0v) is 19.1. The third-order valence-electron chi connectivity index (χ3n) is 5.88. The van der Waals surface area contributed by atoms with Gasteiger partial charge >= 0.3 is 0 Å². The smallest absolute Gasteiger partial charge is 0.220 e. The van der Waals surface area contributed by atoms with Crippen LogP contribution in [0.1, 0.15) is 40.2 Å². The van der Waals surface area contributed by atoms with Gasteiger partial charge in [-0.3, -0.25) is 4.79 Å². The molecule has 0 radical (unpaired) electrons. The number of hydrogen-bond donors (Lipinski definition) is 2. The van der Waals surface area contributed by atoms with Gasteiger partial charge in [0, 0.05) is 24.4 Å². The molecular weight excluding hydrogens is 402 g/mol. The van der Waals surface area contributed by atoms with E-state index in [2.05, 4.69) is 5.32 Å². The van der Waals surface area contributed by atoms with Crippen LogP contribution in [-0.2, 0) is 11.2 Å². The normalized spacial score (nSPS) is 11.6. The molecule has 3 aromatic carbocycles. The van der Waals surface area contributed by atoms with Crippen molar-refractivity contribution in [3.63, 3.8) is 0 Å². The average Bonchev–Trinajstić information content (AvgIpc) is 2.82. The number of phenols is 1. The second kappa shape index (κ2) is 10.7. The lowest BCUT2D eigenvalue weighted by Crippen LogP contribution is -2.27. The van der Waals surface area contributed by atoms with Crippen molar-refractivity contribution in [2.75, 3.05) is 20.8 Å². The fourth-order valence-corrected chi connectivity index (χ4v) is 3.84. The van der Waals surface area contributed by atoms with Crippen molar-refractivity contribution in [3.05, 3.63) is 88.5 Å². The molecule has 1 amide bonds. The lowest BCUT2D eigenvalue weighted by molar-refractivity contribution is -0.121. The van der Waals surface area contributed by atoms with Gasteiger partial charge in [-0.25, -0.2) is 0 Å². The first-order valence-electron chi connectivity index (χ1n) is 10.8.